The maximum absolute atomic E-state index is 10.5. The van der Waals surface area contributed by atoms with E-state index in [-0.39, 0.29) is 12.4 Å². The third-order valence-electron chi connectivity index (χ3n) is 0.725. The van der Waals surface area contributed by atoms with Gasteiger partial charge in [-0.2, -0.15) is 0 Å². The Morgan fingerprint density at radius 3 is 2.70 bits per heavy atom. The van der Waals surface area contributed by atoms with E-state index < -0.39 is 0 Å². The van der Waals surface area contributed by atoms with Crippen molar-refractivity contribution in [3.8, 4) is 0 Å². The molecule has 2 nitrogen and oxygen atoms in total. The standard InChI is InChI=1S/C8H10O2/c1-3-5-7-10-8(9)6-4-2/h3-5,7H,1-2,6H2. The molecule has 0 amide bonds. The van der Waals surface area contributed by atoms with Crippen LogP contribution >= 0.6 is 0 Å². The predicted molar refractivity (Wildman–Crippen MR) is 40.2 cm³/mol. The highest BCUT2D eigenvalue weighted by molar-refractivity contribution is 5.71. The van der Waals surface area contributed by atoms with Crippen molar-refractivity contribution in [2.24, 2.45) is 0 Å². The van der Waals surface area contributed by atoms with Crippen LogP contribution in [-0.4, -0.2) is 5.97 Å². The molecule has 0 aliphatic carbocycles. The van der Waals surface area contributed by atoms with Crippen LogP contribution in [-0.2, 0) is 9.53 Å². The first kappa shape index (κ1) is 8.69. The average Bonchev–Trinajstić information content (AvgIpc) is 1.89. The normalized spacial score (nSPS) is 9.20. The maximum Gasteiger partial charge on any atom is 0.314 e. The Kier molecular flexibility index (Phi) is 5.06. The van der Waals surface area contributed by atoms with Crippen LogP contribution in [0.25, 0.3) is 0 Å². The summed E-state index contributed by atoms with van der Waals surface area (Å²) in [5.74, 6) is -0.312. The number of carbonyl (C=O) groups is 1. The summed E-state index contributed by atoms with van der Waals surface area (Å²) in [5.41, 5.74) is 0. The van der Waals surface area contributed by atoms with Gasteiger partial charge in [-0.3, -0.25) is 4.79 Å². The Balaban J connectivity index is 3.47. The van der Waals surface area contributed by atoms with E-state index in [1.807, 2.05) is 0 Å². The average molecular weight is 138 g/mol. The molecule has 0 aliphatic rings. The molecule has 0 aromatic rings. The van der Waals surface area contributed by atoms with Crippen molar-refractivity contribution >= 4 is 5.97 Å². The van der Waals surface area contributed by atoms with Gasteiger partial charge in [-0.15, -0.1) is 6.58 Å². The van der Waals surface area contributed by atoms with E-state index in [1.165, 1.54) is 18.4 Å². The fourth-order valence-electron chi connectivity index (χ4n) is 0.337. The van der Waals surface area contributed by atoms with Crippen LogP contribution in [0.5, 0.6) is 0 Å². The van der Waals surface area contributed by atoms with E-state index in [0.29, 0.717) is 0 Å². The molecule has 0 radical (unpaired) electrons. The van der Waals surface area contributed by atoms with Crippen molar-refractivity contribution in [1.82, 2.24) is 0 Å². The van der Waals surface area contributed by atoms with E-state index in [4.69, 9.17) is 0 Å². The van der Waals surface area contributed by atoms with E-state index in [2.05, 4.69) is 17.9 Å². The smallest absolute Gasteiger partial charge is 0.314 e. The molecule has 54 valence electrons. The Morgan fingerprint density at radius 1 is 1.50 bits per heavy atom. The maximum atomic E-state index is 10.5. The summed E-state index contributed by atoms with van der Waals surface area (Å²) in [7, 11) is 0. The van der Waals surface area contributed by atoms with E-state index in [9.17, 15) is 4.79 Å². The van der Waals surface area contributed by atoms with Crippen LogP contribution in [0.1, 0.15) is 6.42 Å². The second-order valence-electron chi connectivity index (χ2n) is 1.55. The van der Waals surface area contributed by atoms with Gasteiger partial charge in [0.1, 0.15) is 0 Å². The van der Waals surface area contributed by atoms with Gasteiger partial charge in [0, 0.05) is 0 Å². The molecule has 0 spiro atoms. The lowest BCUT2D eigenvalue weighted by Gasteiger charge is -1.91. The Labute approximate surface area is 60.5 Å². The molecule has 0 bridgehead atoms. The molecule has 0 N–H and O–H groups in total. The number of rotatable bonds is 4. The molecule has 0 heterocycles. The third-order valence-corrected chi connectivity index (χ3v) is 0.725. The summed E-state index contributed by atoms with van der Waals surface area (Å²) in [6, 6.07) is 0. The lowest BCUT2D eigenvalue weighted by molar-refractivity contribution is -0.136. The van der Waals surface area contributed by atoms with Crippen LogP contribution in [0.3, 0.4) is 0 Å². The van der Waals surface area contributed by atoms with Crippen molar-refractivity contribution < 1.29 is 9.53 Å². The van der Waals surface area contributed by atoms with Crippen molar-refractivity contribution in [3.63, 3.8) is 0 Å². The monoisotopic (exact) mass is 138 g/mol. The van der Waals surface area contributed by atoms with Gasteiger partial charge in [-0.25, -0.2) is 0 Å². The van der Waals surface area contributed by atoms with Crippen LogP contribution < -0.4 is 0 Å². The molecule has 0 aliphatic heterocycles. The van der Waals surface area contributed by atoms with Crippen molar-refractivity contribution in [3.05, 3.63) is 37.6 Å². The minimum Gasteiger partial charge on any atom is -0.434 e. The van der Waals surface area contributed by atoms with Crippen LogP contribution in [0, 0.1) is 0 Å². The SMILES string of the molecule is C=CC=COC(=O)CC=C. The van der Waals surface area contributed by atoms with Gasteiger partial charge in [0.15, 0.2) is 0 Å². The number of hydrogen-bond donors (Lipinski definition) is 0. The molecule has 0 saturated heterocycles. The summed E-state index contributed by atoms with van der Waals surface area (Å²) >= 11 is 0. The Morgan fingerprint density at radius 2 is 2.20 bits per heavy atom. The quantitative estimate of drug-likeness (QED) is 0.256. The predicted octanol–water partition coefficient (Wildman–Crippen LogP) is 1.81. The number of ether oxygens (including phenoxy) is 1. The molecule has 0 atom stereocenters. The van der Waals surface area contributed by atoms with Crippen LogP contribution in [0.15, 0.2) is 37.6 Å². The summed E-state index contributed by atoms with van der Waals surface area (Å²) in [5, 5.41) is 0. The molecule has 10 heavy (non-hydrogen) atoms. The van der Waals surface area contributed by atoms with E-state index in [1.54, 1.807) is 6.08 Å². The van der Waals surface area contributed by atoms with E-state index in [0.717, 1.165) is 0 Å². The van der Waals surface area contributed by atoms with E-state index >= 15 is 0 Å². The summed E-state index contributed by atoms with van der Waals surface area (Å²) in [6.45, 7) is 6.79. The highest BCUT2D eigenvalue weighted by atomic mass is 16.5. The van der Waals surface area contributed by atoms with Crippen molar-refractivity contribution in [1.29, 1.82) is 0 Å². The summed E-state index contributed by atoms with van der Waals surface area (Å²) in [6.07, 6.45) is 6.09. The van der Waals surface area contributed by atoms with Crippen molar-refractivity contribution in [2.75, 3.05) is 0 Å². The van der Waals surface area contributed by atoms with Crippen LogP contribution in [0.4, 0.5) is 0 Å². The molecule has 2 heteroatoms. The summed E-state index contributed by atoms with van der Waals surface area (Å²) in [4.78, 5) is 10.5. The zero-order chi connectivity index (χ0) is 7.82. The minimum atomic E-state index is -0.312. The topological polar surface area (TPSA) is 26.3 Å². The lowest BCUT2D eigenvalue weighted by atomic mass is 10.4. The second kappa shape index (κ2) is 5.82. The molecular formula is C8H10O2. The summed E-state index contributed by atoms with van der Waals surface area (Å²) < 4.78 is 4.56. The van der Waals surface area contributed by atoms with Gasteiger partial charge >= 0.3 is 5.97 Å². The number of esters is 1. The fraction of sp³-hybridized carbons (Fsp3) is 0.125. The molecule has 0 fully saturated rings. The van der Waals surface area contributed by atoms with Gasteiger partial charge < -0.3 is 4.74 Å². The Hall–Kier alpha value is -1.31. The second-order valence-corrected chi connectivity index (χ2v) is 1.55. The minimum absolute atomic E-state index is 0.238. The Bertz CT molecular complexity index is 157. The van der Waals surface area contributed by atoms with Gasteiger partial charge in [-0.05, 0) is 6.08 Å². The van der Waals surface area contributed by atoms with Gasteiger partial charge in [-0.1, -0.05) is 18.7 Å². The molecule has 0 unspecified atom stereocenters. The lowest BCUT2D eigenvalue weighted by Crippen LogP contribution is -1.95. The first-order valence-electron chi connectivity index (χ1n) is 2.89. The fourth-order valence-corrected chi connectivity index (χ4v) is 0.337. The highest BCUT2D eigenvalue weighted by Gasteiger charge is 1.92. The first-order chi connectivity index (χ1) is 4.81. The van der Waals surface area contributed by atoms with Gasteiger partial charge in [0.25, 0.3) is 0 Å². The zero-order valence-electron chi connectivity index (χ0n) is 5.75. The molecule has 0 rings (SSSR count). The third kappa shape index (κ3) is 4.84. The molecular weight excluding hydrogens is 128 g/mol. The first-order valence-corrected chi connectivity index (χ1v) is 2.89. The number of carbonyl (C=O) groups excluding carboxylic acids is 1. The molecule has 0 saturated carbocycles. The van der Waals surface area contributed by atoms with Crippen LogP contribution in [0.2, 0.25) is 0 Å². The largest absolute Gasteiger partial charge is 0.434 e. The highest BCUT2D eigenvalue weighted by Crippen LogP contribution is 1.87. The molecule has 0 aromatic carbocycles. The van der Waals surface area contributed by atoms with Crippen molar-refractivity contribution in [2.45, 2.75) is 6.42 Å². The molecule has 0 aromatic heterocycles. The number of allylic oxidation sites excluding steroid dienone is 2. The number of hydrogen-bond acceptors (Lipinski definition) is 2. The zero-order valence-corrected chi connectivity index (χ0v) is 5.75. The van der Waals surface area contributed by atoms with Gasteiger partial charge in [0.05, 0.1) is 12.7 Å². The van der Waals surface area contributed by atoms with Gasteiger partial charge in [0.2, 0.25) is 0 Å².